The molecule has 1 aliphatic heterocycles. The van der Waals surface area contributed by atoms with E-state index in [1.54, 1.807) is 23.9 Å². The van der Waals surface area contributed by atoms with Crippen molar-refractivity contribution >= 4 is 17.7 Å². The van der Waals surface area contributed by atoms with Crippen LogP contribution >= 0.6 is 11.8 Å². The molecule has 1 fully saturated rings. The van der Waals surface area contributed by atoms with Crippen LogP contribution in [0.3, 0.4) is 0 Å². The smallest absolute Gasteiger partial charge is 0.338 e. The van der Waals surface area contributed by atoms with Crippen molar-refractivity contribution in [2.75, 3.05) is 12.8 Å². The first-order chi connectivity index (χ1) is 11.1. The Morgan fingerprint density at radius 1 is 1.35 bits per heavy atom. The number of azide groups is 1. The fourth-order valence-electron chi connectivity index (χ4n) is 2.84. The summed E-state index contributed by atoms with van der Waals surface area (Å²) < 4.78 is 11.8. The van der Waals surface area contributed by atoms with Gasteiger partial charge in [0.2, 0.25) is 0 Å². The molecule has 7 heteroatoms. The minimum atomic E-state index is -0.335. The van der Waals surface area contributed by atoms with E-state index >= 15 is 0 Å². The maximum Gasteiger partial charge on any atom is 0.338 e. The number of benzene rings is 1. The summed E-state index contributed by atoms with van der Waals surface area (Å²) in [6.07, 6.45) is 1.42. The van der Waals surface area contributed by atoms with Crippen molar-refractivity contribution in [3.05, 3.63) is 46.3 Å². The Labute approximate surface area is 140 Å². The molecule has 0 aromatic heterocycles. The Morgan fingerprint density at radius 2 is 2.04 bits per heavy atom. The summed E-state index contributed by atoms with van der Waals surface area (Å²) in [6, 6.07) is 8.95. The number of carbonyl (C=O) groups is 1. The predicted octanol–water partition coefficient (Wildman–Crippen LogP) is 3.88. The van der Waals surface area contributed by atoms with E-state index in [-0.39, 0.29) is 42.0 Å². The average molecular weight is 335 g/mol. The van der Waals surface area contributed by atoms with Crippen LogP contribution in [0.1, 0.15) is 24.2 Å². The molecule has 0 N–H and O–H groups in total. The van der Waals surface area contributed by atoms with Crippen molar-refractivity contribution in [3.63, 3.8) is 0 Å². The Morgan fingerprint density at radius 3 is 2.65 bits per heavy atom. The van der Waals surface area contributed by atoms with Gasteiger partial charge >= 0.3 is 5.97 Å². The number of rotatable bonds is 5. The van der Waals surface area contributed by atoms with Crippen molar-refractivity contribution in [2.24, 2.45) is 17.0 Å². The lowest BCUT2D eigenvalue weighted by Gasteiger charge is -2.43. The third kappa shape index (κ3) is 4.19. The topological polar surface area (TPSA) is 84.3 Å². The number of ether oxygens (including phenoxy) is 2. The molecule has 1 aromatic rings. The van der Waals surface area contributed by atoms with Crippen LogP contribution in [0.2, 0.25) is 0 Å². The van der Waals surface area contributed by atoms with Crippen LogP contribution in [-0.4, -0.2) is 36.4 Å². The van der Waals surface area contributed by atoms with Crippen molar-refractivity contribution in [2.45, 2.75) is 31.5 Å². The van der Waals surface area contributed by atoms with Crippen molar-refractivity contribution in [3.8, 4) is 0 Å². The molecule has 1 aliphatic rings. The van der Waals surface area contributed by atoms with Crippen LogP contribution in [-0.2, 0) is 9.47 Å². The van der Waals surface area contributed by atoms with Gasteiger partial charge in [-0.25, -0.2) is 4.79 Å². The molecule has 0 aliphatic carbocycles. The summed E-state index contributed by atoms with van der Waals surface area (Å²) in [5.74, 6) is -0.333. The Balaban J connectivity index is 2.15. The Hall–Kier alpha value is -1.69. The molecule has 5 atom stereocenters. The van der Waals surface area contributed by atoms with Gasteiger partial charge in [-0.05, 0) is 23.9 Å². The normalized spacial score (nSPS) is 30.3. The van der Waals surface area contributed by atoms with Crippen LogP contribution in [0, 0.1) is 11.8 Å². The number of nitrogens with zero attached hydrogens (tertiary/aromatic N) is 3. The molecule has 0 amide bonds. The molecule has 6 nitrogen and oxygen atoms in total. The van der Waals surface area contributed by atoms with Gasteiger partial charge in [0, 0.05) is 16.7 Å². The van der Waals surface area contributed by atoms with E-state index in [1.807, 2.05) is 38.3 Å². The van der Waals surface area contributed by atoms with Gasteiger partial charge in [0.15, 0.2) is 0 Å². The zero-order valence-corrected chi connectivity index (χ0v) is 14.3. The fraction of sp³-hybridized carbons (Fsp3) is 0.562. The zero-order chi connectivity index (χ0) is 16.8. The van der Waals surface area contributed by atoms with Gasteiger partial charge in [-0.15, -0.1) is 11.8 Å². The highest BCUT2D eigenvalue weighted by Gasteiger charge is 2.43. The van der Waals surface area contributed by atoms with E-state index in [4.69, 9.17) is 15.0 Å². The molecule has 2 unspecified atom stereocenters. The quantitative estimate of drug-likeness (QED) is 0.354. The number of hydrogen-bond acceptors (Lipinski definition) is 5. The maximum absolute atomic E-state index is 12.4. The minimum Gasteiger partial charge on any atom is -0.458 e. The molecular weight excluding hydrogens is 314 g/mol. The molecular formula is C16H21N3O3S. The van der Waals surface area contributed by atoms with Crippen LogP contribution < -0.4 is 0 Å². The molecule has 1 saturated heterocycles. The Kier molecular flexibility index (Phi) is 6.33. The van der Waals surface area contributed by atoms with Crippen LogP contribution in [0.15, 0.2) is 35.4 Å². The molecule has 0 spiro atoms. The van der Waals surface area contributed by atoms with Gasteiger partial charge in [0.1, 0.15) is 11.5 Å². The highest BCUT2D eigenvalue weighted by atomic mass is 32.2. The predicted molar refractivity (Wildman–Crippen MR) is 90.2 cm³/mol. The van der Waals surface area contributed by atoms with E-state index in [0.717, 1.165) is 0 Å². The summed E-state index contributed by atoms with van der Waals surface area (Å²) in [5, 5.41) is 3.62. The van der Waals surface area contributed by atoms with Crippen LogP contribution in [0.4, 0.5) is 0 Å². The third-order valence-corrected chi connectivity index (χ3v) is 5.18. The largest absolute Gasteiger partial charge is 0.458 e. The van der Waals surface area contributed by atoms with Gasteiger partial charge in [0.05, 0.1) is 18.2 Å². The SMILES string of the molecule is CS[C@@H]1OC(CN=[N+]=[N-])[C@@H](C)[C@H](OC(=O)c2ccccc2)C1C. The monoisotopic (exact) mass is 335 g/mol. The van der Waals surface area contributed by atoms with E-state index in [2.05, 4.69) is 10.0 Å². The number of carbonyl (C=O) groups excluding carboxylic acids is 1. The summed E-state index contributed by atoms with van der Waals surface area (Å²) in [7, 11) is 0. The molecule has 0 bridgehead atoms. The molecule has 0 saturated carbocycles. The first-order valence-electron chi connectivity index (χ1n) is 7.53. The first-order valence-corrected chi connectivity index (χ1v) is 8.82. The second-order valence-corrected chi connectivity index (χ2v) is 6.58. The van der Waals surface area contributed by atoms with Gasteiger partial charge in [0.25, 0.3) is 0 Å². The molecule has 1 heterocycles. The van der Waals surface area contributed by atoms with E-state index in [1.165, 1.54) is 0 Å². The molecule has 23 heavy (non-hydrogen) atoms. The first kappa shape index (κ1) is 17.7. The van der Waals surface area contributed by atoms with E-state index in [9.17, 15) is 4.79 Å². The maximum atomic E-state index is 12.4. The second-order valence-electron chi connectivity index (χ2n) is 5.65. The Bertz CT molecular complexity index is 577. The lowest BCUT2D eigenvalue weighted by atomic mass is 9.86. The van der Waals surface area contributed by atoms with Crippen molar-refractivity contribution < 1.29 is 14.3 Å². The van der Waals surface area contributed by atoms with Crippen LogP contribution in [0.25, 0.3) is 10.4 Å². The van der Waals surface area contributed by atoms with Gasteiger partial charge < -0.3 is 9.47 Å². The second kappa shape index (κ2) is 8.24. The average Bonchev–Trinajstić information content (AvgIpc) is 2.58. The lowest BCUT2D eigenvalue weighted by Crippen LogP contribution is -2.50. The summed E-state index contributed by atoms with van der Waals surface area (Å²) in [5.41, 5.74) is 8.97. The fourth-order valence-corrected chi connectivity index (χ4v) is 3.68. The number of hydrogen-bond donors (Lipinski definition) is 0. The lowest BCUT2D eigenvalue weighted by molar-refractivity contribution is -0.131. The van der Waals surface area contributed by atoms with Crippen molar-refractivity contribution in [1.29, 1.82) is 0 Å². The summed E-state index contributed by atoms with van der Waals surface area (Å²) in [4.78, 5) is 15.2. The summed E-state index contributed by atoms with van der Waals surface area (Å²) >= 11 is 1.57. The molecule has 2 rings (SSSR count). The standard InChI is InChI=1S/C16H21N3O3S/c1-10-13(9-18-19-17)21-16(23-3)11(2)14(10)22-15(20)12-7-5-4-6-8-12/h4-8,10-11,13-14,16H,9H2,1-3H3/t10-,11?,13?,14+,16+/m1/s1. The highest BCUT2D eigenvalue weighted by molar-refractivity contribution is 7.99. The van der Waals surface area contributed by atoms with Crippen molar-refractivity contribution in [1.82, 2.24) is 0 Å². The molecule has 124 valence electrons. The zero-order valence-electron chi connectivity index (χ0n) is 13.5. The number of esters is 1. The van der Waals surface area contributed by atoms with Gasteiger partial charge in [-0.2, -0.15) is 0 Å². The number of thioether (sulfide) groups is 1. The van der Waals surface area contributed by atoms with E-state index < -0.39 is 0 Å². The molecule has 0 radical (unpaired) electrons. The van der Waals surface area contributed by atoms with Gasteiger partial charge in [-0.1, -0.05) is 37.2 Å². The van der Waals surface area contributed by atoms with E-state index in [0.29, 0.717) is 5.56 Å². The third-order valence-electron chi connectivity index (χ3n) is 4.17. The summed E-state index contributed by atoms with van der Waals surface area (Å²) in [6.45, 7) is 4.22. The minimum absolute atomic E-state index is 0.0495. The van der Waals surface area contributed by atoms with Crippen LogP contribution in [0.5, 0.6) is 0 Å². The molecule has 1 aromatic carbocycles. The highest BCUT2D eigenvalue weighted by Crippen LogP contribution is 2.37. The van der Waals surface area contributed by atoms with Gasteiger partial charge in [-0.3, -0.25) is 0 Å².